The van der Waals surface area contributed by atoms with Crippen molar-refractivity contribution in [1.82, 2.24) is 0 Å². The Kier molecular flexibility index (Phi) is 12.5. The fourth-order valence-corrected chi connectivity index (χ4v) is 6.00. The van der Waals surface area contributed by atoms with E-state index < -0.39 is 11.4 Å². The van der Waals surface area contributed by atoms with E-state index in [0.29, 0.717) is 48.8 Å². The Balaban J connectivity index is 0.00000330. The molecule has 0 radical (unpaired) electrons. The van der Waals surface area contributed by atoms with Gasteiger partial charge in [0.2, 0.25) is 0 Å². The van der Waals surface area contributed by atoms with E-state index in [4.69, 9.17) is 0 Å². The molecule has 0 saturated carbocycles. The van der Waals surface area contributed by atoms with Crippen LogP contribution in [0.2, 0.25) is 0 Å². The van der Waals surface area contributed by atoms with Crippen LogP contribution in [0.25, 0.3) is 11.1 Å². The number of hydrogen-bond acceptors (Lipinski definition) is 4. The smallest absolute Gasteiger partial charge is 0.309 e. The van der Waals surface area contributed by atoms with Gasteiger partial charge in [0.25, 0.3) is 0 Å². The van der Waals surface area contributed by atoms with Gasteiger partial charge in [-0.1, -0.05) is 111 Å². The molecule has 1 aromatic rings. The molecule has 0 amide bonds. The van der Waals surface area contributed by atoms with Crippen LogP contribution in [0.15, 0.2) is 59.7 Å². The lowest BCUT2D eigenvalue weighted by atomic mass is 9.73. The summed E-state index contributed by atoms with van der Waals surface area (Å²) in [5.41, 5.74) is 2.52. The lowest BCUT2D eigenvalue weighted by Crippen LogP contribution is -2.27. The molecular formula is C39H56O5. The molecule has 0 aliphatic heterocycles. The van der Waals surface area contributed by atoms with Crippen molar-refractivity contribution in [3.05, 3.63) is 70.8 Å². The molecule has 1 aromatic carbocycles. The summed E-state index contributed by atoms with van der Waals surface area (Å²) in [6, 6.07) is 7.68. The second-order valence-corrected chi connectivity index (χ2v) is 14.6. The molecule has 1 atom stereocenters. The second kappa shape index (κ2) is 14.8. The number of allylic oxidation sites excluding steroid dienone is 8. The van der Waals surface area contributed by atoms with Gasteiger partial charge < -0.3 is 10.2 Å². The third-order valence-electron chi connectivity index (χ3n) is 8.90. The van der Waals surface area contributed by atoms with E-state index in [-0.39, 0.29) is 34.4 Å². The molecular weight excluding hydrogens is 548 g/mol. The molecule has 2 N–H and O–H groups in total. The Labute approximate surface area is 266 Å². The maximum Gasteiger partial charge on any atom is 0.309 e. The highest BCUT2D eigenvalue weighted by atomic mass is 16.4. The van der Waals surface area contributed by atoms with Crippen molar-refractivity contribution in [1.29, 1.82) is 0 Å². The summed E-state index contributed by atoms with van der Waals surface area (Å²) in [5, 5.41) is 19.3. The first kappa shape index (κ1) is 37.1. The maximum absolute atomic E-state index is 14.0. The number of carbonyl (C=O) groups excluding carboxylic acids is 2. The Bertz CT molecular complexity index is 1350. The first-order chi connectivity index (χ1) is 20.4. The predicted molar refractivity (Wildman–Crippen MR) is 182 cm³/mol. The van der Waals surface area contributed by atoms with Crippen LogP contribution in [0.4, 0.5) is 0 Å². The Morgan fingerprint density at radius 1 is 0.750 bits per heavy atom. The Hall–Kier alpha value is -3.05. The van der Waals surface area contributed by atoms with Crippen molar-refractivity contribution >= 4 is 28.7 Å². The van der Waals surface area contributed by atoms with E-state index >= 15 is 0 Å². The van der Waals surface area contributed by atoms with Crippen LogP contribution in [-0.2, 0) is 14.4 Å². The zero-order chi connectivity index (χ0) is 33.5. The van der Waals surface area contributed by atoms with Gasteiger partial charge >= 0.3 is 5.97 Å². The van der Waals surface area contributed by atoms with E-state index in [1.54, 1.807) is 6.92 Å². The average molecular weight is 605 g/mol. The minimum atomic E-state index is -0.807. The predicted octanol–water partition coefficient (Wildman–Crippen LogP) is 9.41. The molecule has 0 heterocycles. The topological polar surface area (TPSA) is 91.7 Å². The van der Waals surface area contributed by atoms with Crippen LogP contribution < -0.4 is 0 Å². The van der Waals surface area contributed by atoms with Gasteiger partial charge in [0, 0.05) is 28.6 Å². The molecule has 0 saturated heterocycles. The summed E-state index contributed by atoms with van der Waals surface area (Å²) in [4.78, 5) is 39.7. The lowest BCUT2D eigenvalue weighted by Gasteiger charge is -2.30. The van der Waals surface area contributed by atoms with Gasteiger partial charge in [-0.25, -0.2) is 0 Å². The van der Waals surface area contributed by atoms with Crippen LogP contribution in [0.5, 0.6) is 0 Å². The lowest BCUT2D eigenvalue weighted by molar-refractivity contribution is -0.148. The monoisotopic (exact) mass is 604 g/mol. The minimum Gasteiger partial charge on any atom is -0.481 e. The number of rotatable bonds is 13. The standard InChI is InChI=1S/C37H50O5.C2H6/c1-9-37(8,33(41)42)19-13-15-26-21-36(6,7)23-30(32(26)40)28-17-11-10-16-27(28)29-22-35(4,5)20-25(31(29)39)14-12-18-34(2,3)24-38;1-2/h10-11,16-17,20-23,38H,9,12-15,18-19,24H2,1-8H3,(H,41,42);1-2H3. The number of ketones is 2. The minimum absolute atomic E-state index is 0.00464. The SMILES string of the molecule is CC.CCC(C)(CCCC1=CC(C)(C)C=C(c2ccccc2C2=CC(C)(C)C=C(CCCC(C)(C)CO)C2=O)C1=O)C(=O)O. The van der Waals surface area contributed by atoms with Gasteiger partial charge in [-0.2, -0.15) is 0 Å². The van der Waals surface area contributed by atoms with Gasteiger partial charge in [-0.05, 0) is 79.6 Å². The van der Waals surface area contributed by atoms with E-state index in [2.05, 4.69) is 33.8 Å². The zero-order valence-corrected chi connectivity index (χ0v) is 28.9. The third-order valence-corrected chi connectivity index (χ3v) is 8.90. The van der Waals surface area contributed by atoms with Crippen molar-refractivity contribution in [2.75, 3.05) is 6.61 Å². The van der Waals surface area contributed by atoms with Crippen LogP contribution in [0, 0.1) is 21.7 Å². The number of carboxylic acid groups (broad SMARTS) is 1. The largest absolute Gasteiger partial charge is 0.481 e. The summed E-state index contributed by atoms with van der Waals surface area (Å²) in [6.45, 7) is 20.1. The summed E-state index contributed by atoms with van der Waals surface area (Å²) in [5.74, 6) is -0.863. The van der Waals surface area contributed by atoms with Crippen molar-refractivity contribution in [2.45, 2.75) is 114 Å². The van der Waals surface area contributed by atoms with Gasteiger partial charge in [0.1, 0.15) is 0 Å². The molecule has 3 rings (SSSR count). The van der Waals surface area contributed by atoms with E-state index in [1.165, 1.54) is 0 Å². The number of benzene rings is 1. The molecule has 0 spiro atoms. The summed E-state index contributed by atoms with van der Waals surface area (Å²) in [7, 11) is 0. The second-order valence-electron chi connectivity index (χ2n) is 14.6. The fraction of sp³-hybridized carbons (Fsp3) is 0.564. The van der Waals surface area contributed by atoms with Crippen LogP contribution >= 0.6 is 0 Å². The molecule has 44 heavy (non-hydrogen) atoms. The number of aliphatic hydroxyl groups excluding tert-OH is 1. The molecule has 5 heteroatoms. The maximum atomic E-state index is 14.0. The molecule has 5 nitrogen and oxygen atoms in total. The quantitative estimate of drug-likeness (QED) is 0.234. The number of carbonyl (C=O) groups is 3. The third kappa shape index (κ3) is 9.23. The molecule has 2 aliphatic rings. The average Bonchev–Trinajstić information content (AvgIpc) is 2.96. The number of Topliss-reactive ketones (excluding diaryl/α,β-unsaturated/α-hetero) is 2. The van der Waals surface area contributed by atoms with Gasteiger partial charge in [0.05, 0.1) is 5.41 Å². The van der Waals surface area contributed by atoms with E-state index in [9.17, 15) is 24.6 Å². The van der Waals surface area contributed by atoms with Crippen LogP contribution in [0.1, 0.15) is 125 Å². The number of hydrogen-bond donors (Lipinski definition) is 2. The normalized spacial score (nSPS) is 19.1. The van der Waals surface area contributed by atoms with E-state index in [0.717, 1.165) is 29.5 Å². The Morgan fingerprint density at radius 3 is 1.52 bits per heavy atom. The number of carboxylic acids is 1. The van der Waals surface area contributed by atoms with Crippen molar-refractivity contribution in [2.24, 2.45) is 21.7 Å². The molecule has 242 valence electrons. The highest BCUT2D eigenvalue weighted by Crippen LogP contribution is 2.42. The van der Waals surface area contributed by atoms with Crippen LogP contribution in [0.3, 0.4) is 0 Å². The molecule has 1 unspecified atom stereocenters. The van der Waals surface area contributed by atoms with Gasteiger partial charge in [-0.3, -0.25) is 14.4 Å². The van der Waals surface area contributed by atoms with Gasteiger partial charge in [-0.15, -0.1) is 0 Å². The summed E-state index contributed by atoms with van der Waals surface area (Å²) in [6.07, 6.45) is 12.5. The summed E-state index contributed by atoms with van der Waals surface area (Å²) >= 11 is 0. The van der Waals surface area contributed by atoms with Crippen LogP contribution in [-0.4, -0.2) is 34.4 Å². The summed E-state index contributed by atoms with van der Waals surface area (Å²) < 4.78 is 0. The molecule has 0 aromatic heterocycles. The molecule has 2 aliphatic carbocycles. The first-order valence-corrected chi connectivity index (χ1v) is 16.4. The highest BCUT2D eigenvalue weighted by Gasteiger charge is 2.34. The van der Waals surface area contributed by atoms with Crippen molar-refractivity contribution in [3.8, 4) is 0 Å². The number of aliphatic carboxylic acids is 1. The van der Waals surface area contributed by atoms with Crippen molar-refractivity contribution < 1.29 is 24.6 Å². The zero-order valence-electron chi connectivity index (χ0n) is 28.9. The van der Waals surface area contributed by atoms with Crippen molar-refractivity contribution in [3.63, 3.8) is 0 Å². The molecule has 0 bridgehead atoms. The molecule has 0 fully saturated rings. The number of aliphatic hydroxyl groups is 1. The Morgan fingerprint density at radius 2 is 1.16 bits per heavy atom. The van der Waals surface area contributed by atoms with Gasteiger partial charge in [0.15, 0.2) is 11.6 Å². The van der Waals surface area contributed by atoms with E-state index in [1.807, 2.05) is 77.1 Å². The fourth-order valence-electron chi connectivity index (χ4n) is 6.00. The first-order valence-electron chi connectivity index (χ1n) is 16.4. The highest BCUT2D eigenvalue weighted by molar-refractivity contribution is 6.34.